The average molecular weight is 332 g/mol. The molecule has 5 heteroatoms. The summed E-state index contributed by atoms with van der Waals surface area (Å²) in [4.78, 5) is 15.1. The molecule has 4 nitrogen and oxygen atoms in total. The molecule has 4 heterocycles. The van der Waals surface area contributed by atoms with E-state index in [4.69, 9.17) is 11.6 Å². The Bertz CT molecular complexity index is 793. The number of nitrogens with one attached hydrogen (secondary N) is 1. The van der Waals surface area contributed by atoms with Crippen molar-refractivity contribution in [2.45, 2.75) is 25.4 Å². The minimum atomic E-state index is 0.0635. The third-order valence-corrected chi connectivity index (χ3v) is 5.71. The number of fused-ring (bicyclic) bond motifs is 4. The molecular weight excluding hydrogens is 310 g/mol. The van der Waals surface area contributed by atoms with Gasteiger partial charge in [0.15, 0.2) is 0 Å². The molecule has 1 N–H and O–H groups in total. The SMILES string of the molecule is Cn1c(=O)c(CNC2CN3CCC2CC3)cc2ccc(Cl)cc21. The summed E-state index contributed by atoms with van der Waals surface area (Å²) in [5.74, 6) is 0.767. The molecule has 0 spiro atoms. The Labute approximate surface area is 141 Å². The summed E-state index contributed by atoms with van der Waals surface area (Å²) in [5.41, 5.74) is 1.78. The Balaban J connectivity index is 1.58. The lowest BCUT2D eigenvalue weighted by molar-refractivity contribution is 0.0719. The lowest BCUT2D eigenvalue weighted by Gasteiger charge is -2.45. The van der Waals surface area contributed by atoms with Crippen molar-refractivity contribution in [1.29, 1.82) is 0 Å². The summed E-state index contributed by atoms with van der Waals surface area (Å²) in [6, 6.07) is 8.22. The summed E-state index contributed by atoms with van der Waals surface area (Å²) < 4.78 is 1.70. The van der Waals surface area contributed by atoms with Crippen LogP contribution in [-0.4, -0.2) is 35.1 Å². The number of hydrogen-bond acceptors (Lipinski definition) is 3. The Kier molecular flexibility index (Phi) is 3.92. The van der Waals surface area contributed by atoms with Crippen molar-refractivity contribution in [2.75, 3.05) is 19.6 Å². The van der Waals surface area contributed by atoms with Gasteiger partial charge in [0.25, 0.3) is 5.56 Å². The molecule has 2 aromatic rings. The second kappa shape index (κ2) is 5.93. The predicted octanol–water partition coefficient (Wildman–Crippen LogP) is 2.38. The highest BCUT2D eigenvalue weighted by Gasteiger charge is 2.33. The lowest BCUT2D eigenvalue weighted by atomic mass is 9.84. The summed E-state index contributed by atoms with van der Waals surface area (Å²) in [7, 11) is 1.82. The molecule has 5 rings (SSSR count). The van der Waals surface area contributed by atoms with Crippen molar-refractivity contribution < 1.29 is 0 Å². The number of aryl methyl sites for hydroxylation is 1. The fourth-order valence-electron chi connectivity index (χ4n) is 4.07. The predicted molar refractivity (Wildman–Crippen MR) is 94.0 cm³/mol. The van der Waals surface area contributed by atoms with Crippen LogP contribution in [0, 0.1) is 5.92 Å². The number of piperidine rings is 3. The Morgan fingerprint density at radius 3 is 2.74 bits per heavy atom. The van der Waals surface area contributed by atoms with Gasteiger partial charge in [0.1, 0.15) is 0 Å². The van der Waals surface area contributed by atoms with Gasteiger partial charge in [-0.2, -0.15) is 0 Å². The van der Waals surface area contributed by atoms with Gasteiger partial charge in [0.2, 0.25) is 0 Å². The molecule has 3 aliphatic rings. The van der Waals surface area contributed by atoms with Crippen LogP contribution in [0.2, 0.25) is 5.02 Å². The number of pyridine rings is 1. The van der Waals surface area contributed by atoms with E-state index in [2.05, 4.69) is 10.2 Å². The first-order valence-electron chi connectivity index (χ1n) is 8.36. The molecule has 0 radical (unpaired) electrons. The van der Waals surface area contributed by atoms with Crippen molar-refractivity contribution >= 4 is 22.5 Å². The average Bonchev–Trinajstić information content (AvgIpc) is 2.58. The number of aromatic nitrogens is 1. The Hall–Kier alpha value is -1.36. The van der Waals surface area contributed by atoms with E-state index in [0.29, 0.717) is 17.6 Å². The minimum absolute atomic E-state index is 0.0635. The van der Waals surface area contributed by atoms with Crippen molar-refractivity contribution in [2.24, 2.45) is 13.0 Å². The minimum Gasteiger partial charge on any atom is -0.311 e. The molecule has 1 aromatic heterocycles. The molecule has 1 aromatic carbocycles. The van der Waals surface area contributed by atoms with E-state index in [0.717, 1.165) is 28.9 Å². The van der Waals surface area contributed by atoms with Gasteiger partial charge in [-0.3, -0.25) is 4.79 Å². The van der Waals surface area contributed by atoms with E-state index >= 15 is 0 Å². The number of hydrogen-bond donors (Lipinski definition) is 1. The van der Waals surface area contributed by atoms with Gasteiger partial charge < -0.3 is 14.8 Å². The van der Waals surface area contributed by atoms with E-state index in [-0.39, 0.29) is 5.56 Å². The Morgan fingerprint density at radius 1 is 1.26 bits per heavy atom. The zero-order valence-corrected chi connectivity index (χ0v) is 14.1. The third kappa shape index (κ3) is 2.80. The second-order valence-electron chi connectivity index (χ2n) is 6.86. The monoisotopic (exact) mass is 331 g/mol. The van der Waals surface area contributed by atoms with E-state index < -0.39 is 0 Å². The number of halogens is 1. The van der Waals surface area contributed by atoms with E-state index in [9.17, 15) is 4.79 Å². The molecule has 23 heavy (non-hydrogen) atoms. The van der Waals surface area contributed by atoms with Gasteiger partial charge in [-0.15, -0.1) is 0 Å². The first-order valence-corrected chi connectivity index (χ1v) is 8.73. The van der Waals surface area contributed by atoms with Gasteiger partial charge in [-0.25, -0.2) is 0 Å². The highest BCUT2D eigenvalue weighted by Crippen LogP contribution is 2.27. The van der Waals surface area contributed by atoms with Gasteiger partial charge in [-0.05, 0) is 55.4 Å². The number of benzene rings is 1. The highest BCUT2D eigenvalue weighted by molar-refractivity contribution is 6.31. The molecule has 0 saturated carbocycles. The first kappa shape index (κ1) is 15.2. The van der Waals surface area contributed by atoms with Crippen molar-refractivity contribution in [1.82, 2.24) is 14.8 Å². The molecule has 3 fully saturated rings. The molecule has 0 amide bonds. The van der Waals surface area contributed by atoms with Gasteiger partial charge >= 0.3 is 0 Å². The molecule has 0 aliphatic carbocycles. The largest absolute Gasteiger partial charge is 0.311 e. The van der Waals surface area contributed by atoms with Crippen molar-refractivity contribution in [3.05, 3.63) is 45.2 Å². The van der Waals surface area contributed by atoms with Crippen molar-refractivity contribution in [3.63, 3.8) is 0 Å². The van der Waals surface area contributed by atoms with E-state index in [1.165, 1.54) is 25.9 Å². The summed E-state index contributed by atoms with van der Waals surface area (Å²) in [5, 5.41) is 5.35. The zero-order chi connectivity index (χ0) is 16.0. The van der Waals surface area contributed by atoms with E-state index in [1.54, 1.807) is 4.57 Å². The quantitative estimate of drug-likeness (QED) is 0.938. The number of rotatable bonds is 3. The standard InChI is InChI=1S/C18H22ClN3O/c1-21-17-9-15(19)3-2-13(17)8-14(18(21)23)10-20-16-11-22-6-4-12(16)5-7-22/h2-3,8-9,12,16,20H,4-7,10-11H2,1H3. The maximum absolute atomic E-state index is 12.6. The lowest BCUT2D eigenvalue weighted by Crippen LogP contribution is -2.56. The molecule has 2 bridgehead atoms. The van der Waals surface area contributed by atoms with Crippen LogP contribution in [0.15, 0.2) is 29.1 Å². The van der Waals surface area contributed by atoms with Gasteiger partial charge in [-0.1, -0.05) is 17.7 Å². The molecule has 1 unspecified atom stereocenters. The van der Waals surface area contributed by atoms with E-state index in [1.807, 2.05) is 31.3 Å². The van der Waals surface area contributed by atoms with Crippen LogP contribution in [0.4, 0.5) is 0 Å². The van der Waals surface area contributed by atoms with Crippen LogP contribution in [0.5, 0.6) is 0 Å². The maximum Gasteiger partial charge on any atom is 0.255 e. The fourth-order valence-corrected chi connectivity index (χ4v) is 4.23. The topological polar surface area (TPSA) is 37.3 Å². The fraction of sp³-hybridized carbons (Fsp3) is 0.500. The molecule has 3 aliphatic heterocycles. The van der Waals surface area contributed by atoms with Crippen LogP contribution < -0.4 is 10.9 Å². The number of nitrogens with zero attached hydrogens (tertiary/aromatic N) is 2. The van der Waals surface area contributed by atoms with Gasteiger partial charge in [0, 0.05) is 36.8 Å². The van der Waals surface area contributed by atoms with Crippen LogP contribution in [-0.2, 0) is 13.6 Å². The summed E-state index contributed by atoms with van der Waals surface area (Å²) >= 11 is 6.05. The maximum atomic E-state index is 12.6. The zero-order valence-electron chi connectivity index (χ0n) is 13.4. The van der Waals surface area contributed by atoms with Crippen LogP contribution in [0.1, 0.15) is 18.4 Å². The second-order valence-corrected chi connectivity index (χ2v) is 7.30. The molecule has 1 atom stereocenters. The normalized spacial score (nSPS) is 26.8. The van der Waals surface area contributed by atoms with Crippen LogP contribution in [0.25, 0.3) is 10.9 Å². The highest BCUT2D eigenvalue weighted by atomic mass is 35.5. The first-order chi connectivity index (χ1) is 11.1. The van der Waals surface area contributed by atoms with Crippen molar-refractivity contribution in [3.8, 4) is 0 Å². The summed E-state index contributed by atoms with van der Waals surface area (Å²) in [6.07, 6.45) is 2.57. The molecule has 3 saturated heterocycles. The van der Waals surface area contributed by atoms with Crippen LogP contribution >= 0.6 is 11.6 Å². The third-order valence-electron chi connectivity index (χ3n) is 5.47. The molecular formula is C18H22ClN3O. The van der Waals surface area contributed by atoms with Gasteiger partial charge in [0.05, 0.1) is 5.52 Å². The molecule has 122 valence electrons. The Morgan fingerprint density at radius 2 is 2.04 bits per heavy atom. The summed E-state index contributed by atoms with van der Waals surface area (Å²) in [6.45, 7) is 4.23. The van der Waals surface area contributed by atoms with Crippen LogP contribution in [0.3, 0.4) is 0 Å². The smallest absolute Gasteiger partial charge is 0.255 e.